The molecule has 142 valence electrons. The summed E-state index contributed by atoms with van der Waals surface area (Å²) in [4.78, 5) is 16.3. The van der Waals surface area contributed by atoms with Gasteiger partial charge in [0.2, 0.25) is 0 Å². The number of aromatic nitrogens is 1. The second kappa shape index (κ2) is 8.11. The molecule has 1 N–H and O–H groups in total. The van der Waals surface area contributed by atoms with Crippen molar-refractivity contribution in [3.63, 3.8) is 0 Å². The van der Waals surface area contributed by atoms with Crippen molar-refractivity contribution in [2.75, 3.05) is 20.6 Å². The Morgan fingerprint density at radius 2 is 1.93 bits per heavy atom. The quantitative estimate of drug-likeness (QED) is 0.683. The molecule has 0 spiro atoms. The number of carbonyl (C=O) groups is 1. The van der Waals surface area contributed by atoms with Gasteiger partial charge in [0.05, 0.1) is 11.6 Å². The van der Waals surface area contributed by atoms with Crippen LogP contribution in [0.15, 0.2) is 47.8 Å². The Bertz CT molecular complexity index is 925. The average Bonchev–Trinajstić information content (AvgIpc) is 3.23. The molecule has 0 radical (unpaired) electrons. The van der Waals surface area contributed by atoms with Gasteiger partial charge < -0.3 is 14.8 Å². The first-order valence-electron chi connectivity index (χ1n) is 9.12. The first kappa shape index (κ1) is 19.4. The second-order valence-electron chi connectivity index (χ2n) is 7.16. The standard InChI is InChI=1S/C22H27N3OS/c1-15-8-6-9-18(12-15)25-16(2)13-19(17(25)3)22(26)23-14-20(24(4)5)21-10-7-11-27-21/h6-13,20H,14H2,1-5H3,(H,23,26). The summed E-state index contributed by atoms with van der Waals surface area (Å²) in [5.41, 5.74) is 5.06. The number of amides is 1. The Labute approximate surface area is 165 Å². The molecular formula is C22H27N3OS. The molecule has 1 unspecified atom stereocenters. The predicted molar refractivity (Wildman–Crippen MR) is 113 cm³/mol. The van der Waals surface area contributed by atoms with E-state index < -0.39 is 0 Å². The lowest BCUT2D eigenvalue weighted by Gasteiger charge is -2.23. The molecule has 5 heteroatoms. The van der Waals surface area contributed by atoms with Gasteiger partial charge in [-0.2, -0.15) is 0 Å². The first-order valence-corrected chi connectivity index (χ1v) is 10.0. The molecule has 3 rings (SSSR count). The van der Waals surface area contributed by atoms with Gasteiger partial charge in [0.1, 0.15) is 0 Å². The number of hydrogen-bond donors (Lipinski definition) is 1. The number of nitrogens with zero attached hydrogens (tertiary/aromatic N) is 2. The zero-order chi connectivity index (χ0) is 19.6. The molecule has 2 heterocycles. The number of benzene rings is 1. The van der Waals surface area contributed by atoms with E-state index in [9.17, 15) is 4.79 Å². The van der Waals surface area contributed by atoms with Crippen LogP contribution in [0.3, 0.4) is 0 Å². The molecule has 4 nitrogen and oxygen atoms in total. The van der Waals surface area contributed by atoms with Crippen LogP contribution in [0.1, 0.15) is 38.2 Å². The molecule has 3 aromatic rings. The molecule has 0 saturated carbocycles. The van der Waals surface area contributed by atoms with Crippen molar-refractivity contribution in [2.45, 2.75) is 26.8 Å². The van der Waals surface area contributed by atoms with Crippen molar-refractivity contribution in [1.29, 1.82) is 0 Å². The minimum absolute atomic E-state index is 0.0228. The number of rotatable bonds is 6. The lowest BCUT2D eigenvalue weighted by molar-refractivity contribution is 0.0941. The number of aryl methyl sites for hydroxylation is 2. The van der Waals surface area contributed by atoms with E-state index in [0.717, 1.165) is 22.6 Å². The van der Waals surface area contributed by atoms with Crippen LogP contribution in [0, 0.1) is 20.8 Å². The third kappa shape index (κ3) is 4.15. The minimum Gasteiger partial charge on any atom is -0.350 e. The van der Waals surface area contributed by atoms with Crippen LogP contribution in [-0.2, 0) is 0 Å². The normalized spacial score (nSPS) is 12.4. The summed E-state index contributed by atoms with van der Waals surface area (Å²) in [5, 5.41) is 5.20. The van der Waals surface area contributed by atoms with Crippen LogP contribution < -0.4 is 5.32 Å². The highest BCUT2D eigenvalue weighted by Crippen LogP contribution is 2.24. The fourth-order valence-corrected chi connectivity index (χ4v) is 4.38. The van der Waals surface area contributed by atoms with Crippen LogP contribution in [0.25, 0.3) is 5.69 Å². The van der Waals surface area contributed by atoms with Gasteiger partial charge in [-0.3, -0.25) is 4.79 Å². The molecule has 1 aromatic carbocycles. The van der Waals surface area contributed by atoms with Crippen LogP contribution in [-0.4, -0.2) is 36.0 Å². The lowest BCUT2D eigenvalue weighted by Crippen LogP contribution is -2.34. The Kier molecular flexibility index (Phi) is 5.82. The number of nitrogens with one attached hydrogen (secondary N) is 1. The molecule has 0 aliphatic heterocycles. The number of carbonyl (C=O) groups excluding carboxylic acids is 1. The van der Waals surface area contributed by atoms with Gasteiger partial charge in [-0.1, -0.05) is 18.2 Å². The second-order valence-corrected chi connectivity index (χ2v) is 8.14. The summed E-state index contributed by atoms with van der Waals surface area (Å²) < 4.78 is 2.14. The van der Waals surface area contributed by atoms with Crippen molar-refractivity contribution in [1.82, 2.24) is 14.8 Å². The van der Waals surface area contributed by atoms with E-state index >= 15 is 0 Å². The van der Waals surface area contributed by atoms with Gasteiger partial charge in [0, 0.05) is 28.5 Å². The van der Waals surface area contributed by atoms with E-state index in [2.05, 4.69) is 51.4 Å². The summed E-state index contributed by atoms with van der Waals surface area (Å²) in [7, 11) is 4.08. The van der Waals surface area contributed by atoms with E-state index in [-0.39, 0.29) is 11.9 Å². The predicted octanol–water partition coefficient (Wildman–Crippen LogP) is 4.50. The summed E-state index contributed by atoms with van der Waals surface area (Å²) >= 11 is 1.72. The molecular weight excluding hydrogens is 354 g/mol. The van der Waals surface area contributed by atoms with Gasteiger partial charge in [-0.05, 0) is 70.1 Å². The van der Waals surface area contributed by atoms with Crippen molar-refractivity contribution in [3.05, 3.63) is 75.2 Å². The van der Waals surface area contributed by atoms with Crippen LogP contribution >= 0.6 is 11.3 Å². The highest BCUT2D eigenvalue weighted by molar-refractivity contribution is 7.10. The third-order valence-corrected chi connectivity index (χ3v) is 5.86. The Hall–Kier alpha value is -2.37. The van der Waals surface area contributed by atoms with Crippen molar-refractivity contribution >= 4 is 17.2 Å². The van der Waals surface area contributed by atoms with E-state index in [4.69, 9.17) is 0 Å². The fraction of sp³-hybridized carbons (Fsp3) is 0.318. The molecule has 1 atom stereocenters. The number of likely N-dealkylation sites (N-methyl/N-ethyl adjacent to an activating group) is 1. The highest BCUT2D eigenvalue weighted by Gasteiger charge is 2.20. The Balaban J connectivity index is 1.80. The van der Waals surface area contributed by atoms with Gasteiger partial charge in [0.25, 0.3) is 5.91 Å². The molecule has 0 saturated heterocycles. The van der Waals surface area contributed by atoms with Gasteiger partial charge in [0.15, 0.2) is 0 Å². The topological polar surface area (TPSA) is 37.3 Å². The minimum atomic E-state index is -0.0228. The zero-order valence-corrected chi connectivity index (χ0v) is 17.4. The molecule has 1 amide bonds. The van der Waals surface area contributed by atoms with Crippen molar-refractivity contribution < 1.29 is 4.79 Å². The average molecular weight is 382 g/mol. The SMILES string of the molecule is Cc1cccc(-n2c(C)cc(C(=O)NCC(c3cccs3)N(C)C)c2C)c1. The van der Waals surface area contributed by atoms with Crippen LogP contribution in [0.5, 0.6) is 0 Å². The Morgan fingerprint density at radius 3 is 2.56 bits per heavy atom. The summed E-state index contributed by atoms with van der Waals surface area (Å²) in [6.07, 6.45) is 0. The summed E-state index contributed by atoms with van der Waals surface area (Å²) in [5.74, 6) is -0.0228. The van der Waals surface area contributed by atoms with E-state index in [1.165, 1.54) is 10.4 Å². The Morgan fingerprint density at radius 1 is 1.15 bits per heavy atom. The largest absolute Gasteiger partial charge is 0.350 e. The van der Waals surface area contributed by atoms with Crippen molar-refractivity contribution in [2.24, 2.45) is 0 Å². The lowest BCUT2D eigenvalue weighted by atomic mass is 10.2. The van der Waals surface area contributed by atoms with Crippen LogP contribution in [0.4, 0.5) is 0 Å². The van der Waals surface area contributed by atoms with Crippen LogP contribution in [0.2, 0.25) is 0 Å². The molecule has 0 aliphatic rings. The highest BCUT2D eigenvalue weighted by atomic mass is 32.1. The van der Waals surface area contributed by atoms with Gasteiger partial charge >= 0.3 is 0 Å². The van der Waals surface area contributed by atoms with Gasteiger partial charge in [-0.15, -0.1) is 11.3 Å². The van der Waals surface area contributed by atoms with Gasteiger partial charge in [-0.25, -0.2) is 0 Å². The number of hydrogen-bond acceptors (Lipinski definition) is 3. The van der Waals surface area contributed by atoms with E-state index in [1.807, 2.05) is 46.1 Å². The maximum atomic E-state index is 12.9. The van der Waals surface area contributed by atoms with E-state index in [0.29, 0.717) is 6.54 Å². The number of thiophene rings is 1. The smallest absolute Gasteiger partial charge is 0.253 e. The molecule has 0 aliphatic carbocycles. The first-order chi connectivity index (χ1) is 12.9. The molecule has 0 bridgehead atoms. The zero-order valence-electron chi connectivity index (χ0n) is 16.6. The van der Waals surface area contributed by atoms with E-state index in [1.54, 1.807) is 11.3 Å². The van der Waals surface area contributed by atoms with Crippen molar-refractivity contribution in [3.8, 4) is 5.69 Å². The maximum absolute atomic E-state index is 12.9. The molecule has 2 aromatic heterocycles. The molecule has 0 fully saturated rings. The monoisotopic (exact) mass is 381 g/mol. The maximum Gasteiger partial charge on any atom is 0.253 e. The third-order valence-electron chi connectivity index (χ3n) is 4.89. The molecule has 27 heavy (non-hydrogen) atoms. The summed E-state index contributed by atoms with van der Waals surface area (Å²) in [6, 6.07) is 14.7. The summed E-state index contributed by atoms with van der Waals surface area (Å²) in [6.45, 7) is 6.71. The fourth-order valence-electron chi connectivity index (χ4n) is 3.46.